The van der Waals surface area contributed by atoms with Crippen LogP contribution in [0.2, 0.25) is 0 Å². The molecule has 39 heavy (non-hydrogen) atoms. The first-order chi connectivity index (χ1) is 18.9. The summed E-state index contributed by atoms with van der Waals surface area (Å²) in [6.07, 6.45) is 0.528. The molecule has 194 valence electrons. The predicted molar refractivity (Wildman–Crippen MR) is 146 cm³/mol. The van der Waals surface area contributed by atoms with Gasteiger partial charge in [-0.2, -0.15) is 0 Å². The van der Waals surface area contributed by atoms with Crippen LogP contribution in [0, 0.1) is 6.92 Å². The Morgan fingerprint density at radius 3 is 2.59 bits per heavy atom. The topological polar surface area (TPSA) is 108 Å². The monoisotopic (exact) mass is 518 g/mol. The lowest BCUT2D eigenvalue weighted by Gasteiger charge is -2.29. The van der Waals surface area contributed by atoms with E-state index in [9.17, 15) is 19.2 Å². The highest BCUT2D eigenvalue weighted by Crippen LogP contribution is 2.31. The Balaban J connectivity index is 1.24. The normalized spacial score (nSPS) is 16.8. The largest absolute Gasteiger partial charge is 0.348 e. The maximum Gasteiger partial charge on any atom is 0.255 e. The Hall–Kier alpha value is -4.85. The molecule has 3 heterocycles. The summed E-state index contributed by atoms with van der Waals surface area (Å²) in [6.45, 7) is 2.48. The van der Waals surface area contributed by atoms with E-state index in [1.807, 2.05) is 73.7 Å². The standard InChI is InChI=1S/C31H26N4O4/c1-18-27(23-9-5-6-10-24(23)33-28(18)20-7-3-2-4-8-20)30(38)32-16-19-11-12-22-21(15-19)17-35(31(22)39)25-13-14-26(36)34-29(25)37/h2-12,15,25H,13-14,16-17H2,1H3,(H,32,38)(H,34,36,37). The van der Waals surface area contributed by atoms with Gasteiger partial charge >= 0.3 is 0 Å². The summed E-state index contributed by atoms with van der Waals surface area (Å²) in [4.78, 5) is 56.8. The number of nitrogens with one attached hydrogen (secondary N) is 2. The quantitative estimate of drug-likeness (QED) is 0.390. The van der Waals surface area contributed by atoms with Crippen molar-refractivity contribution in [2.45, 2.75) is 38.9 Å². The number of rotatable bonds is 5. The van der Waals surface area contributed by atoms with Gasteiger partial charge < -0.3 is 10.2 Å². The molecule has 1 atom stereocenters. The maximum atomic E-state index is 13.6. The Morgan fingerprint density at radius 1 is 1.03 bits per heavy atom. The van der Waals surface area contributed by atoms with Crippen molar-refractivity contribution in [3.05, 3.63) is 101 Å². The molecular formula is C31H26N4O4. The molecule has 0 aliphatic carbocycles. The van der Waals surface area contributed by atoms with E-state index < -0.39 is 11.9 Å². The number of fused-ring (bicyclic) bond motifs is 2. The van der Waals surface area contributed by atoms with Gasteiger partial charge in [-0.25, -0.2) is 4.98 Å². The fourth-order valence-corrected chi connectivity index (χ4v) is 5.49. The molecule has 0 saturated carbocycles. The van der Waals surface area contributed by atoms with E-state index in [-0.39, 0.29) is 37.2 Å². The number of benzene rings is 3. The lowest BCUT2D eigenvalue weighted by atomic mass is 9.97. The smallest absolute Gasteiger partial charge is 0.255 e. The number of aromatic nitrogens is 1. The number of carbonyl (C=O) groups is 4. The SMILES string of the molecule is Cc1c(-c2ccccc2)nc2ccccc2c1C(=O)NCc1ccc2c(c1)CN(C1CCC(=O)NC1=O)C2=O. The minimum atomic E-state index is -0.660. The molecule has 8 heteroatoms. The van der Waals surface area contributed by atoms with Gasteiger partial charge in [0.15, 0.2) is 0 Å². The number of para-hydroxylation sites is 1. The average molecular weight is 519 g/mol. The van der Waals surface area contributed by atoms with Gasteiger partial charge in [-0.3, -0.25) is 24.5 Å². The number of hydrogen-bond acceptors (Lipinski definition) is 5. The maximum absolute atomic E-state index is 13.6. The van der Waals surface area contributed by atoms with Crippen LogP contribution in [0.1, 0.15) is 50.2 Å². The van der Waals surface area contributed by atoms with Crippen molar-refractivity contribution >= 4 is 34.5 Å². The highest BCUT2D eigenvalue weighted by atomic mass is 16.2. The molecule has 3 aromatic carbocycles. The minimum absolute atomic E-state index is 0.204. The number of imide groups is 1. The van der Waals surface area contributed by atoms with Crippen molar-refractivity contribution in [1.82, 2.24) is 20.5 Å². The van der Waals surface area contributed by atoms with Gasteiger partial charge in [0.2, 0.25) is 11.8 Å². The lowest BCUT2D eigenvalue weighted by Crippen LogP contribution is -2.52. The molecular weight excluding hydrogens is 492 g/mol. The van der Waals surface area contributed by atoms with Gasteiger partial charge in [-0.05, 0) is 42.2 Å². The molecule has 0 spiro atoms. The second-order valence-electron chi connectivity index (χ2n) is 9.92. The Labute approximate surface area is 225 Å². The van der Waals surface area contributed by atoms with E-state index in [4.69, 9.17) is 4.98 Å². The third-order valence-electron chi connectivity index (χ3n) is 7.45. The van der Waals surface area contributed by atoms with Crippen molar-refractivity contribution in [3.63, 3.8) is 0 Å². The number of carbonyl (C=O) groups excluding carboxylic acids is 4. The van der Waals surface area contributed by atoms with Crippen LogP contribution in [0.25, 0.3) is 22.2 Å². The Bertz CT molecular complexity index is 1660. The molecule has 4 amide bonds. The van der Waals surface area contributed by atoms with Gasteiger partial charge in [0.05, 0.1) is 16.8 Å². The molecule has 6 rings (SSSR count). The van der Waals surface area contributed by atoms with Crippen LogP contribution in [0.5, 0.6) is 0 Å². The third kappa shape index (κ3) is 4.44. The summed E-state index contributed by atoms with van der Waals surface area (Å²) >= 11 is 0. The molecule has 0 radical (unpaired) electrons. The summed E-state index contributed by atoms with van der Waals surface area (Å²) < 4.78 is 0. The van der Waals surface area contributed by atoms with Crippen LogP contribution in [-0.2, 0) is 22.7 Å². The van der Waals surface area contributed by atoms with E-state index in [0.29, 0.717) is 17.5 Å². The molecule has 8 nitrogen and oxygen atoms in total. The van der Waals surface area contributed by atoms with Crippen LogP contribution in [0.4, 0.5) is 0 Å². The van der Waals surface area contributed by atoms with E-state index in [0.717, 1.165) is 38.9 Å². The van der Waals surface area contributed by atoms with Crippen molar-refractivity contribution in [2.24, 2.45) is 0 Å². The van der Waals surface area contributed by atoms with Crippen LogP contribution < -0.4 is 10.6 Å². The number of hydrogen-bond donors (Lipinski definition) is 2. The molecule has 2 aliphatic rings. The van der Waals surface area contributed by atoms with Crippen LogP contribution in [-0.4, -0.2) is 39.6 Å². The van der Waals surface area contributed by atoms with Gasteiger partial charge in [0, 0.05) is 36.0 Å². The first-order valence-corrected chi connectivity index (χ1v) is 12.9. The zero-order chi connectivity index (χ0) is 27.1. The number of nitrogens with zero attached hydrogens (tertiary/aromatic N) is 2. The van der Waals surface area contributed by atoms with Crippen molar-refractivity contribution in [2.75, 3.05) is 0 Å². The summed E-state index contributed by atoms with van der Waals surface area (Å²) in [5.41, 5.74) is 6.03. The molecule has 2 N–H and O–H groups in total. The van der Waals surface area contributed by atoms with Crippen molar-refractivity contribution in [1.29, 1.82) is 0 Å². The van der Waals surface area contributed by atoms with Gasteiger partial charge in [0.25, 0.3) is 11.8 Å². The van der Waals surface area contributed by atoms with E-state index in [2.05, 4.69) is 10.6 Å². The second-order valence-corrected chi connectivity index (χ2v) is 9.92. The molecule has 1 unspecified atom stereocenters. The van der Waals surface area contributed by atoms with E-state index in [1.165, 1.54) is 4.90 Å². The summed E-state index contributed by atoms with van der Waals surface area (Å²) in [7, 11) is 0. The summed E-state index contributed by atoms with van der Waals surface area (Å²) in [5, 5.41) is 6.15. The predicted octanol–water partition coefficient (Wildman–Crippen LogP) is 3.90. The first-order valence-electron chi connectivity index (χ1n) is 12.9. The highest BCUT2D eigenvalue weighted by molar-refractivity contribution is 6.09. The van der Waals surface area contributed by atoms with E-state index >= 15 is 0 Å². The molecule has 1 fully saturated rings. The summed E-state index contributed by atoms with van der Waals surface area (Å²) in [5.74, 6) is -1.17. The molecule has 2 aliphatic heterocycles. The number of pyridine rings is 1. The average Bonchev–Trinajstić information content (AvgIpc) is 3.27. The molecule has 1 saturated heterocycles. The van der Waals surface area contributed by atoms with E-state index in [1.54, 1.807) is 6.07 Å². The van der Waals surface area contributed by atoms with Gasteiger partial charge in [0.1, 0.15) is 6.04 Å². The van der Waals surface area contributed by atoms with Crippen LogP contribution in [0.15, 0.2) is 72.8 Å². The highest BCUT2D eigenvalue weighted by Gasteiger charge is 2.39. The fourth-order valence-electron chi connectivity index (χ4n) is 5.49. The van der Waals surface area contributed by atoms with Crippen molar-refractivity contribution in [3.8, 4) is 11.3 Å². The lowest BCUT2D eigenvalue weighted by molar-refractivity contribution is -0.136. The minimum Gasteiger partial charge on any atom is -0.348 e. The Morgan fingerprint density at radius 2 is 1.79 bits per heavy atom. The third-order valence-corrected chi connectivity index (χ3v) is 7.45. The molecule has 0 bridgehead atoms. The second kappa shape index (κ2) is 9.79. The summed E-state index contributed by atoms with van der Waals surface area (Å²) in [6, 6.07) is 22.2. The molecule has 1 aromatic heterocycles. The number of amides is 4. The number of piperidine rings is 1. The fraction of sp³-hybridized carbons (Fsp3) is 0.194. The molecule has 4 aromatic rings. The van der Waals surface area contributed by atoms with Gasteiger partial charge in [-0.15, -0.1) is 0 Å². The zero-order valence-corrected chi connectivity index (χ0v) is 21.4. The van der Waals surface area contributed by atoms with Crippen LogP contribution in [0.3, 0.4) is 0 Å². The van der Waals surface area contributed by atoms with Crippen LogP contribution >= 0.6 is 0 Å². The first kappa shape index (κ1) is 24.5. The van der Waals surface area contributed by atoms with Crippen molar-refractivity contribution < 1.29 is 19.2 Å². The zero-order valence-electron chi connectivity index (χ0n) is 21.4. The van der Waals surface area contributed by atoms with Gasteiger partial charge in [-0.1, -0.05) is 60.7 Å². The Kier molecular flexibility index (Phi) is 6.15.